The van der Waals surface area contributed by atoms with Crippen LogP contribution in [-0.4, -0.2) is 85.9 Å². The van der Waals surface area contributed by atoms with Crippen molar-refractivity contribution in [3.8, 4) is 0 Å². The summed E-state index contributed by atoms with van der Waals surface area (Å²) in [6, 6.07) is 0. The molecule has 0 amide bonds. The van der Waals surface area contributed by atoms with Gasteiger partial charge in [0.2, 0.25) is 0 Å². The highest BCUT2D eigenvalue weighted by molar-refractivity contribution is 5.77. The first-order valence-electron chi connectivity index (χ1n) is 8.95. The van der Waals surface area contributed by atoms with Crippen molar-refractivity contribution < 1.29 is 44.9 Å². The number of aliphatic hydroxyl groups excluding tert-OH is 5. The summed E-state index contributed by atoms with van der Waals surface area (Å²) in [6.45, 7) is 3.24. The van der Waals surface area contributed by atoms with Crippen LogP contribution in [0, 0.1) is 11.8 Å². The number of ether oxygens (including phenoxy) is 2. The summed E-state index contributed by atoms with van der Waals surface area (Å²) in [4.78, 5) is 12.6. The fraction of sp³-hybridized carbons (Fsp3) is 0.722. The zero-order chi connectivity index (χ0) is 20.4. The van der Waals surface area contributed by atoms with Crippen molar-refractivity contribution in [2.24, 2.45) is 11.8 Å². The van der Waals surface area contributed by atoms with E-state index in [0.29, 0.717) is 0 Å². The molecule has 0 radical (unpaired) electrons. The predicted octanol–water partition coefficient (Wildman–Crippen LogP) is -1.22. The second-order valence-corrected chi connectivity index (χ2v) is 7.18. The maximum absolute atomic E-state index is 12.6. The molecule has 2 aliphatic rings. The zero-order valence-electron chi connectivity index (χ0n) is 15.3. The molecule has 1 saturated heterocycles. The molecule has 0 aromatic heterocycles. The fourth-order valence-electron chi connectivity index (χ4n) is 3.13. The summed E-state index contributed by atoms with van der Waals surface area (Å²) < 4.78 is 10.6. The van der Waals surface area contributed by atoms with E-state index in [2.05, 4.69) is 0 Å². The van der Waals surface area contributed by atoms with Crippen molar-refractivity contribution in [1.29, 1.82) is 0 Å². The standard InChI is InChI=1S/C18H28O9/c1-3-9(2)8-26-17(24)11-6-10(20)4-5-18(11,25)16-15(23)14(22)13(21)12(7-19)27-16/h4-6,9,11-16,19-23,25H,3,7-8H2,1-2H3/t9?,11?,12-,13-,14+,15-,16-,18?/m1/s1. The van der Waals surface area contributed by atoms with E-state index in [1.807, 2.05) is 13.8 Å². The third-order valence-electron chi connectivity index (χ3n) is 5.17. The molecule has 27 heavy (non-hydrogen) atoms. The average Bonchev–Trinajstić information content (AvgIpc) is 2.66. The van der Waals surface area contributed by atoms with Crippen LogP contribution in [0.25, 0.3) is 0 Å². The molecule has 0 saturated carbocycles. The van der Waals surface area contributed by atoms with E-state index in [9.17, 15) is 35.4 Å². The zero-order valence-corrected chi connectivity index (χ0v) is 15.3. The summed E-state index contributed by atoms with van der Waals surface area (Å²) in [7, 11) is 0. The third-order valence-corrected chi connectivity index (χ3v) is 5.17. The van der Waals surface area contributed by atoms with Crippen LogP contribution in [0.15, 0.2) is 24.0 Å². The summed E-state index contributed by atoms with van der Waals surface area (Å²) >= 11 is 0. The molecule has 8 atom stereocenters. The molecule has 154 valence electrons. The normalized spacial score (nSPS) is 40.3. The molecule has 1 heterocycles. The summed E-state index contributed by atoms with van der Waals surface area (Å²) in [5.74, 6) is -2.46. The second kappa shape index (κ2) is 8.68. The van der Waals surface area contributed by atoms with Gasteiger partial charge >= 0.3 is 5.97 Å². The first-order chi connectivity index (χ1) is 12.7. The van der Waals surface area contributed by atoms with Gasteiger partial charge < -0.3 is 40.1 Å². The van der Waals surface area contributed by atoms with Crippen LogP contribution in [0.5, 0.6) is 0 Å². The molecule has 9 heteroatoms. The molecular formula is C18H28O9. The smallest absolute Gasteiger partial charge is 0.316 e. The van der Waals surface area contributed by atoms with Crippen LogP contribution in [0.2, 0.25) is 0 Å². The summed E-state index contributed by atoms with van der Waals surface area (Å²) in [5, 5.41) is 60.5. The van der Waals surface area contributed by atoms with Gasteiger partial charge in [-0.3, -0.25) is 4.79 Å². The van der Waals surface area contributed by atoms with Gasteiger partial charge in [0.15, 0.2) is 0 Å². The third kappa shape index (κ3) is 4.34. The predicted molar refractivity (Wildman–Crippen MR) is 92.5 cm³/mol. The Morgan fingerprint density at radius 2 is 1.96 bits per heavy atom. The monoisotopic (exact) mass is 388 g/mol. The minimum absolute atomic E-state index is 0.0889. The summed E-state index contributed by atoms with van der Waals surface area (Å²) in [6.07, 6.45) is -3.83. The van der Waals surface area contributed by atoms with Crippen LogP contribution in [0.4, 0.5) is 0 Å². The lowest BCUT2D eigenvalue weighted by Gasteiger charge is -2.47. The highest BCUT2D eigenvalue weighted by Crippen LogP contribution is 2.38. The number of allylic oxidation sites excluding steroid dienone is 1. The van der Waals surface area contributed by atoms with Gasteiger partial charge in [0, 0.05) is 0 Å². The van der Waals surface area contributed by atoms with Gasteiger partial charge in [-0.2, -0.15) is 0 Å². The van der Waals surface area contributed by atoms with Crippen LogP contribution in [-0.2, 0) is 14.3 Å². The van der Waals surface area contributed by atoms with Crippen molar-refractivity contribution in [3.05, 3.63) is 24.0 Å². The first kappa shape index (κ1) is 21.8. The quantitative estimate of drug-likeness (QED) is 0.307. The summed E-state index contributed by atoms with van der Waals surface area (Å²) in [5.41, 5.74) is -2.17. The van der Waals surface area contributed by atoms with Crippen LogP contribution in [0.1, 0.15) is 20.3 Å². The van der Waals surface area contributed by atoms with Crippen molar-refractivity contribution >= 4 is 5.97 Å². The van der Waals surface area contributed by atoms with E-state index in [-0.39, 0.29) is 18.3 Å². The Hall–Kier alpha value is -1.49. The maximum atomic E-state index is 12.6. The molecule has 1 fully saturated rings. The topological polar surface area (TPSA) is 157 Å². The Bertz CT molecular complexity index is 587. The number of carbonyl (C=O) groups is 1. The minimum atomic E-state index is -2.17. The lowest BCUT2D eigenvalue weighted by molar-refractivity contribution is -0.267. The lowest BCUT2D eigenvalue weighted by atomic mass is 9.74. The number of hydrogen-bond acceptors (Lipinski definition) is 9. The molecular weight excluding hydrogens is 360 g/mol. The van der Waals surface area contributed by atoms with Gasteiger partial charge in [-0.1, -0.05) is 20.3 Å². The fourth-order valence-corrected chi connectivity index (χ4v) is 3.13. The van der Waals surface area contributed by atoms with Gasteiger partial charge in [-0.15, -0.1) is 0 Å². The van der Waals surface area contributed by atoms with Gasteiger partial charge in [-0.05, 0) is 24.1 Å². The lowest BCUT2D eigenvalue weighted by Crippen LogP contribution is -2.67. The van der Waals surface area contributed by atoms with E-state index >= 15 is 0 Å². The first-order valence-corrected chi connectivity index (χ1v) is 8.95. The Kier molecular flexibility index (Phi) is 7.01. The maximum Gasteiger partial charge on any atom is 0.316 e. The number of esters is 1. The van der Waals surface area contributed by atoms with Crippen LogP contribution < -0.4 is 0 Å². The van der Waals surface area contributed by atoms with Crippen molar-refractivity contribution in [2.45, 2.75) is 56.4 Å². The van der Waals surface area contributed by atoms with E-state index < -0.39 is 54.6 Å². The van der Waals surface area contributed by atoms with E-state index in [1.165, 1.54) is 0 Å². The van der Waals surface area contributed by atoms with Crippen LogP contribution in [0.3, 0.4) is 0 Å². The van der Waals surface area contributed by atoms with Gasteiger partial charge in [-0.25, -0.2) is 0 Å². The molecule has 9 nitrogen and oxygen atoms in total. The Morgan fingerprint density at radius 1 is 1.30 bits per heavy atom. The van der Waals surface area contributed by atoms with Crippen molar-refractivity contribution in [3.63, 3.8) is 0 Å². The average molecular weight is 388 g/mol. The van der Waals surface area contributed by atoms with Crippen LogP contribution >= 0.6 is 0 Å². The minimum Gasteiger partial charge on any atom is -0.508 e. The molecule has 0 bridgehead atoms. The highest BCUT2D eigenvalue weighted by Gasteiger charge is 2.56. The second-order valence-electron chi connectivity index (χ2n) is 7.18. The number of carbonyl (C=O) groups excluding carboxylic acids is 1. The number of aliphatic hydroxyl groups is 6. The van der Waals surface area contributed by atoms with E-state index in [1.54, 1.807) is 0 Å². The molecule has 6 N–H and O–H groups in total. The molecule has 0 aromatic carbocycles. The molecule has 1 aliphatic carbocycles. The number of rotatable bonds is 6. The van der Waals surface area contributed by atoms with Gasteiger partial charge in [0.1, 0.15) is 47.8 Å². The SMILES string of the molecule is CCC(C)COC(=O)C1C=C(O)C=CC1(O)[C@@H]1O[C@H](CO)[C@@H](O)[C@H](O)[C@H]1O. The molecule has 3 unspecified atom stereocenters. The Labute approximate surface area is 157 Å². The number of hydrogen-bond donors (Lipinski definition) is 6. The molecule has 2 rings (SSSR count). The molecule has 1 aliphatic heterocycles. The van der Waals surface area contributed by atoms with Gasteiger partial charge in [0.05, 0.1) is 13.2 Å². The Morgan fingerprint density at radius 3 is 2.56 bits per heavy atom. The van der Waals surface area contributed by atoms with Crippen molar-refractivity contribution in [1.82, 2.24) is 0 Å². The van der Waals surface area contributed by atoms with Crippen molar-refractivity contribution in [2.75, 3.05) is 13.2 Å². The highest BCUT2D eigenvalue weighted by atomic mass is 16.6. The van der Waals surface area contributed by atoms with E-state index in [4.69, 9.17) is 9.47 Å². The van der Waals surface area contributed by atoms with E-state index in [0.717, 1.165) is 24.6 Å². The molecule has 0 spiro atoms. The largest absolute Gasteiger partial charge is 0.508 e. The Balaban J connectivity index is 2.30. The van der Waals surface area contributed by atoms with Gasteiger partial charge in [0.25, 0.3) is 0 Å². The molecule has 0 aromatic rings.